The topological polar surface area (TPSA) is 40.9 Å². The fraction of sp³-hybridized carbons (Fsp3) is 0. The Kier molecular flexibility index (Phi) is 2.26. The zero-order chi connectivity index (χ0) is 8.97. The molecule has 0 unspecified atom stereocenters. The highest BCUT2D eigenvalue weighted by Gasteiger charge is 2.01. The van der Waals surface area contributed by atoms with Crippen LogP contribution in [0.4, 0.5) is 0 Å². The van der Waals surface area contributed by atoms with Crippen molar-refractivity contribution in [2.75, 3.05) is 0 Å². The Morgan fingerprint density at radius 3 is 2.83 bits per heavy atom. The summed E-state index contributed by atoms with van der Waals surface area (Å²) in [7, 11) is 0. The predicted molar refractivity (Wildman–Crippen MR) is 44.3 cm³/mol. The molecular formula is C10H5NO. The lowest BCUT2D eigenvalue weighted by Gasteiger charge is -1.92. The summed E-state index contributed by atoms with van der Waals surface area (Å²) in [5.41, 5.74) is 0.827. The van der Waals surface area contributed by atoms with Crippen molar-refractivity contribution in [1.82, 2.24) is 0 Å². The lowest BCUT2D eigenvalue weighted by atomic mass is 10.1. The summed E-state index contributed by atoms with van der Waals surface area (Å²) in [6.45, 7) is 0. The largest absolute Gasteiger partial charge is 0.279 e. The SMILES string of the molecule is C#CC(=O)c1cccc(C#N)c1. The first-order valence-electron chi connectivity index (χ1n) is 3.29. The molecule has 12 heavy (non-hydrogen) atoms. The molecule has 0 radical (unpaired) electrons. The first-order valence-corrected chi connectivity index (χ1v) is 3.29. The van der Waals surface area contributed by atoms with Crippen molar-refractivity contribution in [3.05, 3.63) is 35.4 Å². The number of benzene rings is 1. The van der Waals surface area contributed by atoms with Gasteiger partial charge < -0.3 is 0 Å². The van der Waals surface area contributed by atoms with Gasteiger partial charge in [-0.15, -0.1) is 6.42 Å². The average Bonchev–Trinajstić information content (AvgIpc) is 2.17. The highest BCUT2D eigenvalue weighted by molar-refractivity contribution is 6.08. The molecule has 1 rings (SSSR count). The van der Waals surface area contributed by atoms with E-state index in [9.17, 15) is 4.79 Å². The van der Waals surface area contributed by atoms with Crippen LogP contribution in [-0.2, 0) is 0 Å². The molecule has 0 aromatic heterocycles. The monoisotopic (exact) mass is 155 g/mol. The van der Waals surface area contributed by atoms with Gasteiger partial charge in [0, 0.05) is 5.56 Å². The van der Waals surface area contributed by atoms with Gasteiger partial charge in [0.15, 0.2) is 0 Å². The van der Waals surface area contributed by atoms with E-state index in [1.165, 1.54) is 6.07 Å². The molecule has 0 amide bonds. The fourth-order valence-corrected chi connectivity index (χ4v) is 0.813. The number of ketones is 1. The zero-order valence-corrected chi connectivity index (χ0v) is 6.24. The zero-order valence-electron chi connectivity index (χ0n) is 6.24. The van der Waals surface area contributed by atoms with E-state index in [2.05, 4.69) is 0 Å². The Bertz CT molecular complexity index is 393. The van der Waals surface area contributed by atoms with Crippen molar-refractivity contribution >= 4 is 5.78 Å². The molecule has 1 aromatic rings. The van der Waals surface area contributed by atoms with Crippen LogP contribution < -0.4 is 0 Å². The van der Waals surface area contributed by atoms with Crippen LogP contribution >= 0.6 is 0 Å². The van der Waals surface area contributed by atoms with Crippen LogP contribution in [-0.4, -0.2) is 5.78 Å². The van der Waals surface area contributed by atoms with Gasteiger partial charge in [-0.2, -0.15) is 5.26 Å². The summed E-state index contributed by atoms with van der Waals surface area (Å²) in [4.78, 5) is 10.9. The molecule has 0 spiro atoms. The van der Waals surface area contributed by atoms with Crippen molar-refractivity contribution in [2.24, 2.45) is 0 Å². The van der Waals surface area contributed by atoms with Gasteiger partial charge in [-0.25, -0.2) is 0 Å². The lowest BCUT2D eigenvalue weighted by Crippen LogP contribution is -1.94. The van der Waals surface area contributed by atoms with Crippen LogP contribution in [0.1, 0.15) is 15.9 Å². The Labute approximate surface area is 70.4 Å². The normalized spacial score (nSPS) is 8.17. The minimum atomic E-state index is -0.396. The van der Waals surface area contributed by atoms with E-state index in [-0.39, 0.29) is 0 Å². The number of carbonyl (C=O) groups excluding carboxylic acids is 1. The van der Waals surface area contributed by atoms with Gasteiger partial charge in [-0.05, 0) is 18.1 Å². The molecule has 0 bridgehead atoms. The summed E-state index contributed by atoms with van der Waals surface area (Å²) in [6, 6.07) is 8.23. The Balaban J connectivity index is 3.14. The summed E-state index contributed by atoms with van der Waals surface area (Å²) in [5, 5.41) is 8.50. The molecule has 0 atom stereocenters. The number of carbonyl (C=O) groups is 1. The Morgan fingerprint density at radius 1 is 1.50 bits per heavy atom. The van der Waals surface area contributed by atoms with Crippen LogP contribution in [0.3, 0.4) is 0 Å². The Morgan fingerprint density at radius 2 is 2.25 bits per heavy atom. The molecule has 0 saturated carbocycles. The highest BCUT2D eigenvalue weighted by Crippen LogP contribution is 2.03. The first-order chi connectivity index (χ1) is 5.77. The third-order valence-electron chi connectivity index (χ3n) is 1.38. The van der Waals surface area contributed by atoms with Gasteiger partial charge in [-0.3, -0.25) is 4.79 Å². The molecule has 0 N–H and O–H groups in total. The van der Waals surface area contributed by atoms with Crippen molar-refractivity contribution < 1.29 is 4.79 Å². The quantitative estimate of drug-likeness (QED) is 0.349. The van der Waals surface area contributed by atoms with E-state index in [4.69, 9.17) is 11.7 Å². The molecule has 2 nitrogen and oxygen atoms in total. The second kappa shape index (κ2) is 3.37. The van der Waals surface area contributed by atoms with Crippen LogP contribution in [0, 0.1) is 23.7 Å². The van der Waals surface area contributed by atoms with Gasteiger partial charge in [0.2, 0.25) is 5.78 Å². The maximum absolute atomic E-state index is 10.9. The molecule has 0 heterocycles. The molecule has 56 valence electrons. The molecule has 1 aromatic carbocycles. The van der Waals surface area contributed by atoms with E-state index in [1.807, 2.05) is 12.0 Å². The summed E-state index contributed by atoms with van der Waals surface area (Å²) < 4.78 is 0. The lowest BCUT2D eigenvalue weighted by molar-refractivity contribution is 0.105. The van der Waals surface area contributed by atoms with Crippen LogP contribution in [0.2, 0.25) is 0 Å². The van der Waals surface area contributed by atoms with E-state index < -0.39 is 5.78 Å². The summed E-state index contributed by atoms with van der Waals surface area (Å²) in [5.74, 6) is 1.59. The average molecular weight is 155 g/mol. The number of hydrogen-bond acceptors (Lipinski definition) is 2. The maximum atomic E-state index is 10.9. The van der Waals surface area contributed by atoms with E-state index in [1.54, 1.807) is 18.2 Å². The number of Topliss-reactive ketones (excluding diaryl/α,β-unsaturated/α-hetero) is 1. The molecule has 0 saturated heterocycles. The van der Waals surface area contributed by atoms with Crippen molar-refractivity contribution in [3.8, 4) is 18.4 Å². The molecule has 0 aliphatic rings. The summed E-state index contributed by atoms with van der Waals surface area (Å²) in [6.07, 6.45) is 4.91. The van der Waals surface area contributed by atoms with Crippen LogP contribution in [0.5, 0.6) is 0 Å². The number of nitrogens with zero attached hydrogens (tertiary/aromatic N) is 1. The molecular weight excluding hydrogens is 150 g/mol. The van der Waals surface area contributed by atoms with Crippen LogP contribution in [0.25, 0.3) is 0 Å². The minimum absolute atomic E-state index is 0.386. The number of nitriles is 1. The highest BCUT2D eigenvalue weighted by atomic mass is 16.1. The van der Waals surface area contributed by atoms with Crippen LogP contribution in [0.15, 0.2) is 24.3 Å². The van der Waals surface area contributed by atoms with Gasteiger partial charge >= 0.3 is 0 Å². The first kappa shape index (κ1) is 8.04. The second-order valence-corrected chi connectivity index (χ2v) is 2.17. The van der Waals surface area contributed by atoms with Crippen molar-refractivity contribution in [2.45, 2.75) is 0 Å². The van der Waals surface area contributed by atoms with Gasteiger partial charge in [0.1, 0.15) is 0 Å². The number of rotatable bonds is 1. The van der Waals surface area contributed by atoms with E-state index in [0.717, 1.165) is 0 Å². The third kappa shape index (κ3) is 1.51. The minimum Gasteiger partial charge on any atom is -0.279 e. The van der Waals surface area contributed by atoms with Crippen molar-refractivity contribution in [1.29, 1.82) is 5.26 Å². The van der Waals surface area contributed by atoms with Gasteiger partial charge in [0.25, 0.3) is 0 Å². The molecule has 2 heteroatoms. The maximum Gasteiger partial charge on any atom is 0.235 e. The standard InChI is InChI=1S/C10H5NO/c1-2-10(12)9-5-3-4-8(6-9)7-11/h1,3-6H. The Hall–Kier alpha value is -2.06. The molecule has 0 aliphatic carbocycles. The third-order valence-corrected chi connectivity index (χ3v) is 1.38. The van der Waals surface area contributed by atoms with E-state index >= 15 is 0 Å². The van der Waals surface area contributed by atoms with Crippen molar-refractivity contribution in [3.63, 3.8) is 0 Å². The summed E-state index contributed by atoms with van der Waals surface area (Å²) >= 11 is 0. The molecule has 0 aliphatic heterocycles. The predicted octanol–water partition coefficient (Wildman–Crippen LogP) is 1.37. The fourth-order valence-electron chi connectivity index (χ4n) is 0.813. The van der Waals surface area contributed by atoms with Gasteiger partial charge in [0.05, 0.1) is 11.6 Å². The van der Waals surface area contributed by atoms with E-state index in [0.29, 0.717) is 11.1 Å². The smallest absolute Gasteiger partial charge is 0.235 e. The molecule has 0 fully saturated rings. The number of hydrogen-bond donors (Lipinski definition) is 0. The van der Waals surface area contributed by atoms with Gasteiger partial charge in [-0.1, -0.05) is 12.1 Å². The second-order valence-electron chi connectivity index (χ2n) is 2.17. The number of terminal acetylenes is 1.